The Kier molecular flexibility index (Phi) is 3.70. The van der Waals surface area contributed by atoms with E-state index in [1.54, 1.807) is 0 Å². The second-order valence-electron chi connectivity index (χ2n) is 5.41. The number of nitro benzene ring substituents is 1. The van der Waals surface area contributed by atoms with Crippen LogP contribution in [0.15, 0.2) is 53.9 Å². The molecule has 0 amide bonds. The summed E-state index contributed by atoms with van der Waals surface area (Å²) in [4.78, 5) is 26.4. The molecule has 4 rings (SSSR count). The molecule has 1 N–H and O–H groups in total. The Morgan fingerprint density at radius 3 is 2.65 bits per heavy atom. The fraction of sp³-hybridized carbons (Fsp3) is 0. The molecular formula is C17H10N4O4S. The predicted molar refractivity (Wildman–Crippen MR) is 95.8 cm³/mol. The molecule has 128 valence electrons. The van der Waals surface area contributed by atoms with E-state index in [1.165, 1.54) is 34.2 Å². The third kappa shape index (κ3) is 2.60. The summed E-state index contributed by atoms with van der Waals surface area (Å²) in [5.74, 6) is -1.26. The van der Waals surface area contributed by atoms with Gasteiger partial charge >= 0.3 is 5.97 Å². The van der Waals surface area contributed by atoms with Crippen LogP contribution in [0.5, 0.6) is 0 Å². The number of carboxylic acid groups (broad SMARTS) is 1. The molecule has 0 atom stereocenters. The highest BCUT2D eigenvalue weighted by Crippen LogP contribution is 2.29. The van der Waals surface area contributed by atoms with E-state index in [0.717, 1.165) is 11.3 Å². The van der Waals surface area contributed by atoms with E-state index in [-0.39, 0.29) is 16.8 Å². The van der Waals surface area contributed by atoms with Gasteiger partial charge in [0.05, 0.1) is 16.1 Å². The first-order valence-electron chi connectivity index (χ1n) is 7.46. The van der Waals surface area contributed by atoms with E-state index in [1.807, 2.05) is 35.7 Å². The normalized spacial score (nSPS) is 10.9. The Balaban J connectivity index is 1.88. The molecule has 0 aliphatic carbocycles. The highest BCUT2D eigenvalue weighted by atomic mass is 32.1. The number of hydrogen-bond donors (Lipinski definition) is 1. The minimum Gasteiger partial charge on any atom is -0.476 e. The van der Waals surface area contributed by atoms with Crippen LogP contribution in [0.1, 0.15) is 10.5 Å². The Morgan fingerprint density at radius 1 is 1.19 bits per heavy atom. The van der Waals surface area contributed by atoms with Crippen molar-refractivity contribution in [1.82, 2.24) is 14.8 Å². The maximum Gasteiger partial charge on any atom is 0.357 e. The topological polar surface area (TPSA) is 111 Å². The minimum absolute atomic E-state index is 0.191. The van der Waals surface area contributed by atoms with Gasteiger partial charge < -0.3 is 5.11 Å². The monoisotopic (exact) mass is 366 g/mol. The van der Waals surface area contributed by atoms with E-state index < -0.39 is 10.9 Å². The van der Waals surface area contributed by atoms with Crippen LogP contribution >= 0.6 is 11.3 Å². The molecule has 4 aromatic rings. The highest BCUT2D eigenvalue weighted by molar-refractivity contribution is 7.12. The van der Waals surface area contributed by atoms with E-state index in [0.29, 0.717) is 10.6 Å². The largest absolute Gasteiger partial charge is 0.476 e. The molecule has 0 aliphatic rings. The number of carboxylic acids is 1. The summed E-state index contributed by atoms with van der Waals surface area (Å²) in [5.41, 5.74) is 1.68. The number of carbonyl (C=O) groups is 1. The predicted octanol–water partition coefficient (Wildman–Crippen LogP) is 3.76. The Bertz CT molecular complexity index is 1150. The van der Waals surface area contributed by atoms with Crippen LogP contribution in [0, 0.1) is 10.1 Å². The van der Waals surface area contributed by atoms with Crippen LogP contribution in [0.25, 0.3) is 27.3 Å². The molecule has 0 aliphatic heterocycles. The van der Waals surface area contributed by atoms with Crippen molar-refractivity contribution in [3.05, 3.63) is 69.7 Å². The Morgan fingerprint density at radius 2 is 1.96 bits per heavy atom. The van der Waals surface area contributed by atoms with E-state index in [2.05, 4.69) is 10.1 Å². The molecule has 0 saturated carbocycles. The number of fused-ring (bicyclic) bond motifs is 1. The smallest absolute Gasteiger partial charge is 0.357 e. The molecule has 0 radical (unpaired) electrons. The number of nitrogens with zero attached hydrogens (tertiary/aromatic N) is 4. The van der Waals surface area contributed by atoms with E-state index in [9.17, 15) is 20.0 Å². The summed E-state index contributed by atoms with van der Waals surface area (Å²) in [7, 11) is 0. The molecule has 2 heterocycles. The molecule has 8 nitrogen and oxygen atoms in total. The van der Waals surface area contributed by atoms with Crippen molar-refractivity contribution >= 4 is 33.9 Å². The minimum atomic E-state index is -1.26. The quantitative estimate of drug-likeness (QED) is 0.435. The molecule has 2 aromatic carbocycles. The van der Waals surface area contributed by atoms with Gasteiger partial charge in [-0.2, -0.15) is 5.10 Å². The molecule has 9 heteroatoms. The molecule has 0 bridgehead atoms. The SMILES string of the molecule is O=C(O)c1nn(-c2nc(-c3ccccc3)cs2)c2ccc([N+](=O)[O-])cc12. The zero-order chi connectivity index (χ0) is 18.3. The van der Waals surface area contributed by atoms with Crippen molar-refractivity contribution in [2.45, 2.75) is 0 Å². The van der Waals surface area contributed by atoms with Crippen LogP contribution in [0.2, 0.25) is 0 Å². The summed E-state index contributed by atoms with van der Waals surface area (Å²) in [6.07, 6.45) is 0. The lowest BCUT2D eigenvalue weighted by Crippen LogP contribution is -2.01. The number of thiazole rings is 1. The van der Waals surface area contributed by atoms with Crippen molar-refractivity contribution in [2.75, 3.05) is 0 Å². The Labute approximate surface area is 150 Å². The Hall–Kier alpha value is -3.59. The number of rotatable bonds is 4. The number of aromatic carboxylic acids is 1. The van der Waals surface area contributed by atoms with Crippen LogP contribution in [0.4, 0.5) is 5.69 Å². The van der Waals surface area contributed by atoms with E-state index >= 15 is 0 Å². The highest BCUT2D eigenvalue weighted by Gasteiger charge is 2.21. The third-order valence-electron chi connectivity index (χ3n) is 3.82. The third-order valence-corrected chi connectivity index (χ3v) is 4.64. The van der Waals surface area contributed by atoms with Crippen molar-refractivity contribution < 1.29 is 14.8 Å². The van der Waals surface area contributed by atoms with Gasteiger partial charge in [0.25, 0.3) is 5.69 Å². The van der Waals surface area contributed by atoms with Gasteiger partial charge in [-0.1, -0.05) is 30.3 Å². The summed E-state index contributed by atoms with van der Waals surface area (Å²) in [6, 6.07) is 13.6. The zero-order valence-electron chi connectivity index (χ0n) is 13.1. The maximum atomic E-state index is 11.5. The molecule has 0 unspecified atom stereocenters. The first-order chi connectivity index (χ1) is 12.5. The van der Waals surface area contributed by atoms with Crippen LogP contribution in [-0.4, -0.2) is 30.8 Å². The average molecular weight is 366 g/mol. The van der Waals surface area contributed by atoms with Gasteiger partial charge in [0, 0.05) is 28.5 Å². The molecule has 0 fully saturated rings. The fourth-order valence-electron chi connectivity index (χ4n) is 2.63. The van der Waals surface area contributed by atoms with Crippen LogP contribution in [-0.2, 0) is 0 Å². The van der Waals surface area contributed by atoms with Crippen molar-refractivity contribution in [2.24, 2.45) is 0 Å². The maximum absolute atomic E-state index is 11.5. The molecule has 2 aromatic heterocycles. The lowest BCUT2D eigenvalue weighted by molar-refractivity contribution is -0.384. The van der Waals surface area contributed by atoms with Gasteiger partial charge in [0.1, 0.15) is 0 Å². The van der Waals surface area contributed by atoms with Gasteiger partial charge in [-0.15, -0.1) is 11.3 Å². The van der Waals surface area contributed by atoms with Crippen LogP contribution < -0.4 is 0 Å². The number of nitro groups is 1. The van der Waals surface area contributed by atoms with Crippen LogP contribution in [0.3, 0.4) is 0 Å². The van der Waals surface area contributed by atoms with Gasteiger partial charge in [-0.05, 0) is 6.07 Å². The van der Waals surface area contributed by atoms with Crippen molar-refractivity contribution in [1.29, 1.82) is 0 Å². The van der Waals surface area contributed by atoms with Crippen molar-refractivity contribution in [3.8, 4) is 16.4 Å². The standard InChI is InChI=1S/C17H10N4O4S/c22-16(23)15-12-8-11(21(24)25)6-7-14(12)20(19-15)17-18-13(9-26-17)10-4-2-1-3-5-10/h1-9H,(H,22,23). The number of aromatic nitrogens is 3. The second-order valence-corrected chi connectivity index (χ2v) is 6.24. The summed E-state index contributed by atoms with van der Waals surface area (Å²) in [5, 5.41) is 27.0. The molecule has 26 heavy (non-hydrogen) atoms. The van der Waals surface area contributed by atoms with Gasteiger partial charge in [-0.3, -0.25) is 10.1 Å². The van der Waals surface area contributed by atoms with Gasteiger partial charge in [0.2, 0.25) is 5.13 Å². The molecular weight excluding hydrogens is 356 g/mol. The summed E-state index contributed by atoms with van der Waals surface area (Å²) >= 11 is 1.31. The first kappa shape index (κ1) is 15.9. The summed E-state index contributed by atoms with van der Waals surface area (Å²) in [6.45, 7) is 0. The first-order valence-corrected chi connectivity index (χ1v) is 8.34. The fourth-order valence-corrected chi connectivity index (χ4v) is 3.42. The number of non-ortho nitro benzene ring substituents is 1. The van der Waals surface area contributed by atoms with Gasteiger partial charge in [-0.25, -0.2) is 14.5 Å². The summed E-state index contributed by atoms with van der Waals surface area (Å²) < 4.78 is 1.40. The lowest BCUT2D eigenvalue weighted by Gasteiger charge is -1.98. The van der Waals surface area contributed by atoms with E-state index in [4.69, 9.17) is 0 Å². The second kappa shape index (κ2) is 6.05. The number of hydrogen-bond acceptors (Lipinski definition) is 6. The number of benzene rings is 2. The molecule has 0 spiro atoms. The van der Waals surface area contributed by atoms with Crippen molar-refractivity contribution in [3.63, 3.8) is 0 Å². The lowest BCUT2D eigenvalue weighted by atomic mass is 10.2. The zero-order valence-corrected chi connectivity index (χ0v) is 13.9. The average Bonchev–Trinajstić information content (AvgIpc) is 3.26. The van der Waals surface area contributed by atoms with Gasteiger partial charge in [0.15, 0.2) is 5.69 Å². The molecule has 0 saturated heterocycles.